The lowest BCUT2D eigenvalue weighted by atomic mass is 10.00. The molecule has 1 N–H and O–H groups in total. The van der Waals surface area contributed by atoms with Gasteiger partial charge in [-0.05, 0) is 31.0 Å². The van der Waals surface area contributed by atoms with Crippen molar-refractivity contribution < 1.29 is 9.53 Å². The highest BCUT2D eigenvalue weighted by molar-refractivity contribution is 5.87. The summed E-state index contributed by atoms with van der Waals surface area (Å²) in [7, 11) is 3.28. The highest BCUT2D eigenvalue weighted by Gasteiger charge is 2.19. The topological polar surface area (TPSA) is 43.3 Å². The van der Waals surface area contributed by atoms with Gasteiger partial charge < -0.3 is 14.6 Å². The number of carbonyl (C=O) groups excluding carboxylic acids is 1. The van der Waals surface area contributed by atoms with Gasteiger partial charge in [0.15, 0.2) is 0 Å². The van der Waals surface area contributed by atoms with E-state index >= 15 is 0 Å². The van der Waals surface area contributed by atoms with E-state index in [9.17, 15) is 4.79 Å². The first kappa shape index (κ1) is 11.2. The van der Waals surface area contributed by atoms with Crippen LogP contribution in [0.25, 0.3) is 0 Å². The Hall–Kier alpha value is -1.29. The quantitative estimate of drug-likeness (QED) is 0.773. The molecule has 1 unspecified atom stereocenters. The molecule has 1 aromatic heterocycles. The molecule has 1 aliphatic rings. The van der Waals surface area contributed by atoms with E-state index in [2.05, 4.69) is 5.32 Å². The number of piperidine rings is 1. The Labute approximate surface area is 95.6 Å². The molecule has 1 aliphatic heterocycles. The summed E-state index contributed by atoms with van der Waals surface area (Å²) in [6.45, 7) is 1.06. The zero-order valence-corrected chi connectivity index (χ0v) is 9.82. The fourth-order valence-electron chi connectivity index (χ4n) is 2.22. The Kier molecular flexibility index (Phi) is 3.29. The number of rotatable bonds is 2. The van der Waals surface area contributed by atoms with Gasteiger partial charge in [0.05, 0.1) is 7.11 Å². The Balaban J connectivity index is 2.19. The van der Waals surface area contributed by atoms with Crippen molar-refractivity contribution in [3.8, 4) is 0 Å². The Morgan fingerprint density at radius 3 is 3.00 bits per heavy atom. The van der Waals surface area contributed by atoms with Crippen molar-refractivity contribution in [2.75, 3.05) is 13.7 Å². The van der Waals surface area contributed by atoms with Crippen LogP contribution >= 0.6 is 0 Å². The van der Waals surface area contributed by atoms with Crippen LogP contribution in [0.2, 0.25) is 0 Å². The fraction of sp³-hybridized carbons (Fsp3) is 0.583. The van der Waals surface area contributed by atoms with Crippen molar-refractivity contribution in [3.63, 3.8) is 0 Å². The monoisotopic (exact) mass is 222 g/mol. The van der Waals surface area contributed by atoms with E-state index in [-0.39, 0.29) is 5.97 Å². The maximum absolute atomic E-state index is 11.5. The molecule has 1 fully saturated rings. The summed E-state index contributed by atoms with van der Waals surface area (Å²) >= 11 is 0. The summed E-state index contributed by atoms with van der Waals surface area (Å²) in [5.41, 5.74) is 1.80. The smallest absolute Gasteiger partial charge is 0.354 e. The summed E-state index contributed by atoms with van der Waals surface area (Å²) in [4.78, 5) is 11.5. The molecule has 0 radical (unpaired) electrons. The number of nitrogens with one attached hydrogen (secondary N) is 1. The first-order valence-electron chi connectivity index (χ1n) is 5.70. The molecule has 0 aliphatic carbocycles. The van der Waals surface area contributed by atoms with Crippen molar-refractivity contribution >= 4 is 5.97 Å². The highest BCUT2D eigenvalue weighted by Crippen LogP contribution is 2.24. The molecule has 0 spiro atoms. The van der Waals surface area contributed by atoms with Crippen LogP contribution in [0.15, 0.2) is 12.3 Å². The summed E-state index contributed by atoms with van der Waals surface area (Å²) in [6, 6.07) is 2.31. The van der Waals surface area contributed by atoms with Gasteiger partial charge in [-0.1, -0.05) is 6.42 Å². The molecule has 4 heteroatoms. The molecule has 4 nitrogen and oxygen atoms in total. The van der Waals surface area contributed by atoms with Crippen LogP contribution in [0, 0.1) is 0 Å². The van der Waals surface area contributed by atoms with E-state index in [0.717, 1.165) is 13.0 Å². The zero-order valence-electron chi connectivity index (χ0n) is 9.82. The van der Waals surface area contributed by atoms with Crippen LogP contribution in [0.1, 0.15) is 41.4 Å². The van der Waals surface area contributed by atoms with Crippen LogP contribution in [0.4, 0.5) is 0 Å². The number of esters is 1. The normalized spacial score (nSPS) is 20.8. The predicted molar refractivity (Wildman–Crippen MR) is 61.3 cm³/mol. The van der Waals surface area contributed by atoms with Crippen LogP contribution in [0.3, 0.4) is 0 Å². The van der Waals surface area contributed by atoms with E-state index < -0.39 is 0 Å². The number of aryl methyl sites for hydroxylation is 1. The molecule has 1 atom stereocenters. The molecular formula is C12H18N2O2. The standard InChI is InChI=1S/C12H18N2O2/c1-14-8-9(7-11(14)12(15)16-2)10-5-3-4-6-13-10/h7-8,10,13H,3-6H2,1-2H3. The van der Waals surface area contributed by atoms with Crippen molar-refractivity contribution in [2.24, 2.45) is 7.05 Å². The Morgan fingerprint density at radius 1 is 1.56 bits per heavy atom. The number of hydrogen-bond donors (Lipinski definition) is 1. The predicted octanol–water partition coefficient (Wildman–Crippen LogP) is 1.63. The average Bonchev–Trinajstić information content (AvgIpc) is 2.71. The molecule has 0 saturated carbocycles. The van der Waals surface area contributed by atoms with Crippen molar-refractivity contribution in [1.82, 2.24) is 9.88 Å². The van der Waals surface area contributed by atoms with Gasteiger partial charge >= 0.3 is 5.97 Å². The summed E-state index contributed by atoms with van der Waals surface area (Å²) < 4.78 is 6.57. The van der Waals surface area contributed by atoms with Gasteiger partial charge in [0.2, 0.25) is 0 Å². The average molecular weight is 222 g/mol. The molecule has 2 heterocycles. The second-order valence-corrected chi connectivity index (χ2v) is 4.26. The third-order valence-electron chi connectivity index (χ3n) is 3.13. The van der Waals surface area contributed by atoms with E-state index in [0.29, 0.717) is 11.7 Å². The fourth-order valence-corrected chi connectivity index (χ4v) is 2.22. The van der Waals surface area contributed by atoms with Crippen molar-refractivity contribution in [1.29, 1.82) is 0 Å². The van der Waals surface area contributed by atoms with Crippen LogP contribution in [-0.2, 0) is 11.8 Å². The van der Waals surface area contributed by atoms with Crippen LogP contribution in [0.5, 0.6) is 0 Å². The zero-order chi connectivity index (χ0) is 11.5. The minimum atomic E-state index is -0.274. The molecule has 88 valence electrons. The van der Waals surface area contributed by atoms with Gasteiger partial charge in [0, 0.05) is 19.3 Å². The maximum Gasteiger partial charge on any atom is 0.354 e. The van der Waals surface area contributed by atoms with Gasteiger partial charge in [0.25, 0.3) is 0 Å². The molecule has 16 heavy (non-hydrogen) atoms. The Morgan fingerprint density at radius 2 is 2.38 bits per heavy atom. The number of methoxy groups -OCH3 is 1. The first-order chi connectivity index (χ1) is 7.72. The molecule has 2 rings (SSSR count). The minimum absolute atomic E-state index is 0.274. The van der Waals surface area contributed by atoms with Gasteiger partial charge in [-0.25, -0.2) is 4.79 Å². The van der Waals surface area contributed by atoms with Crippen molar-refractivity contribution in [2.45, 2.75) is 25.3 Å². The summed E-state index contributed by atoms with van der Waals surface area (Å²) in [5, 5.41) is 3.47. The lowest BCUT2D eigenvalue weighted by molar-refractivity contribution is 0.0590. The molecule has 0 amide bonds. The Bertz CT molecular complexity index is 378. The number of aromatic nitrogens is 1. The lowest BCUT2D eigenvalue weighted by Crippen LogP contribution is -2.26. The number of nitrogens with zero attached hydrogens (tertiary/aromatic N) is 1. The number of carbonyl (C=O) groups is 1. The highest BCUT2D eigenvalue weighted by atomic mass is 16.5. The first-order valence-corrected chi connectivity index (χ1v) is 5.70. The van der Waals surface area contributed by atoms with Gasteiger partial charge in [-0.2, -0.15) is 0 Å². The maximum atomic E-state index is 11.5. The molecule has 1 saturated heterocycles. The lowest BCUT2D eigenvalue weighted by Gasteiger charge is -2.22. The van der Waals surface area contributed by atoms with E-state index in [1.54, 1.807) is 0 Å². The molecular weight excluding hydrogens is 204 g/mol. The van der Waals surface area contributed by atoms with Crippen LogP contribution in [-0.4, -0.2) is 24.2 Å². The van der Waals surface area contributed by atoms with Gasteiger partial charge in [0.1, 0.15) is 5.69 Å². The van der Waals surface area contributed by atoms with Gasteiger partial charge in [-0.3, -0.25) is 0 Å². The van der Waals surface area contributed by atoms with Crippen molar-refractivity contribution in [3.05, 3.63) is 23.5 Å². The minimum Gasteiger partial charge on any atom is -0.464 e. The van der Waals surface area contributed by atoms with E-state index in [1.807, 2.05) is 23.9 Å². The second-order valence-electron chi connectivity index (χ2n) is 4.26. The molecule has 0 aromatic carbocycles. The van der Waals surface area contributed by atoms with E-state index in [1.165, 1.54) is 25.5 Å². The molecule has 0 bridgehead atoms. The third-order valence-corrected chi connectivity index (χ3v) is 3.13. The largest absolute Gasteiger partial charge is 0.464 e. The number of hydrogen-bond acceptors (Lipinski definition) is 3. The SMILES string of the molecule is COC(=O)c1cc(C2CCCCN2)cn1C. The third kappa shape index (κ3) is 2.11. The number of ether oxygens (including phenoxy) is 1. The van der Waals surface area contributed by atoms with Gasteiger partial charge in [-0.15, -0.1) is 0 Å². The summed E-state index contributed by atoms with van der Waals surface area (Å²) in [5.74, 6) is -0.274. The van der Waals surface area contributed by atoms with Crippen LogP contribution < -0.4 is 5.32 Å². The van der Waals surface area contributed by atoms with E-state index in [4.69, 9.17) is 4.74 Å². The second kappa shape index (κ2) is 4.70. The summed E-state index contributed by atoms with van der Waals surface area (Å²) in [6.07, 6.45) is 5.65. The molecule has 1 aromatic rings.